The third kappa shape index (κ3) is 2.32. The van der Waals surface area contributed by atoms with Gasteiger partial charge in [-0.2, -0.15) is 0 Å². The summed E-state index contributed by atoms with van der Waals surface area (Å²) < 4.78 is 0. The standard InChI is InChI=1S/C19H20N6/c1-12-7-18(21-11-20-12)24-9-14-8-15(10-24)25(14)19-13(2)22-16-5-3-4-6-17(16)23-19/h3-7,11,14-15H,8-10H2,1-2H3. The summed E-state index contributed by atoms with van der Waals surface area (Å²) in [7, 11) is 0. The lowest BCUT2D eigenvalue weighted by molar-refractivity contribution is 0.287. The first-order chi connectivity index (χ1) is 12.2. The summed E-state index contributed by atoms with van der Waals surface area (Å²) in [6.45, 7) is 6.02. The van der Waals surface area contributed by atoms with Crippen LogP contribution < -0.4 is 9.80 Å². The Morgan fingerprint density at radius 1 is 0.960 bits per heavy atom. The number of piperidine rings is 1. The van der Waals surface area contributed by atoms with E-state index in [1.54, 1.807) is 6.33 Å². The number of aryl methyl sites for hydroxylation is 2. The highest BCUT2D eigenvalue weighted by atomic mass is 15.4. The number of nitrogens with zero attached hydrogens (tertiary/aromatic N) is 6. The van der Waals surface area contributed by atoms with Crippen molar-refractivity contribution in [1.82, 2.24) is 19.9 Å². The first kappa shape index (κ1) is 14.6. The summed E-state index contributed by atoms with van der Waals surface area (Å²) in [5.41, 5.74) is 3.96. The second kappa shape index (κ2) is 5.37. The Hall–Kier alpha value is -2.76. The van der Waals surface area contributed by atoms with Crippen molar-refractivity contribution >= 4 is 22.7 Å². The Kier molecular flexibility index (Phi) is 3.13. The normalized spacial score (nSPS) is 22.2. The van der Waals surface area contributed by atoms with Gasteiger partial charge in [0.1, 0.15) is 12.1 Å². The van der Waals surface area contributed by atoms with Gasteiger partial charge in [-0.1, -0.05) is 12.1 Å². The summed E-state index contributed by atoms with van der Waals surface area (Å²) in [4.78, 5) is 23.1. The van der Waals surface area contributed by atoms with E-state index in [-0.39, 0.29) is 0 Å². The molecule has 5 heterocycles. The molecule has 2 atom stereocenters. The molecule has 0 N–H and O–H groups in total. The fourth-order valence-electron chi connectivity index (χ4n) is 4.08. The second-order valence-corrected chi connectivity index (χ2v) is 6.99. The number of piperazine rings is 1. The summed E-state index contributed by atoms with van der Waals surface area (Å²) in [6, 6.07) is 11.1. The first-order valence-corrected chi connectivity index (χ1v) is 8.74. The molecule has 6 nitrogen and oxygen atoms in total. The smallest absolute Gasteiger partial charge is 0.151 e. The SMILES string of the molecule is Cc1cc(N2CC3CC(C2)N3c2nc3ccccc3nc2C)ncn1. The molecule has 3 fully saturated rings. The maximum absolute atomic E-state index is 4.91. The highest BCUT2D eigenvalue weighted by Crippen LogP contribution is 2.38. The van der Waals surface area contributed by atoms with Crippen molar-refractivity contribution in [1.29, 1.82) is 0 Å². The fourth-order valence-corrected chi connectivity index (χ4v) is 4.08. The van der Waals surface area contributed by atoms with Gasteiger partial charge in [-0.15, -0.1) is 0 Å². The number of fused-ring (bicyclic) bond motifs is 3. The van der Waals surface area contributed by atoms with Crippen molar-refractivity contribution in [2.75, 3.05) is 22.9 Å². The molecule has 3 saturated heterocycles. The van der Waals surface area contributed by atoms with Gasteiger partial charge >= 0.3 is 0 Å². The molecule has 3 aromatic rings. The molecule has 126 valence electrons. The number of para-hydroxylation sites is 2. The predicted octanol–water partition coefficient (Wildman–Crippen LogP) is 2.50. The summed E-state index contributed by atoms with van der Waals surface area (Å²) in [6.07, 6.45) is 2.87. The largest absolute Gasteiger partial charge is 0.352 e. The molecule has 0 spiro atoms. The van der Waals surface area contributed by atoms with Crippen molar-refractivity contribution in [3.8, 4) is 0 Å². The Morgan fingerprint density at radius 3 is 2.40 bits per heavy atom. The lowest BCUT2D eigenvalue weighted by atomic mass is 9.87. The quantitative estimate of drug-likeness (QED) is 0.719. The zero-order chi connectivity index (χ0) is 17.0. The fraction of sp³-hybridized carbons (Fsp3) is 0.368. The van der Waals surface area contributed by atoms with Crippen LogP contribution in [-0.2, 0) is 0 Å². The molecule has 6 heteroatoms. The van der Waals surface area contributed by atoms with Crippen LogP contribution in [0.4, 0.5) is 11.6 Å². The molecule has 2 bridgehead atoms. The molecule has 0 amide bonds. The average molecular weight is 332 g/mol. The molecule has 2 unspecified atom stereocenters. The summed E-state index contributed by atoms with van der Waals surface area (Å²) >= 11 is 0. The van der Waals surface area contributed by atoms with Gasteiger partial charge in [0.25, 0.3) is 0 Å². The number of rotatable bonds is 2. The molecule has 0 aliphatic carbocycles. The van der Waals surface area contributed by atoms with Crippen LogP contribution in [0.25, 0.3) is 11.0 Å². The molecule has 25 heavy (non-hydrogen) atoms. The molecule has 0 radical (unpaired) electrons. The van der Waals surface area contributed by atoms with Crippen LogP contribution >= 0.6 is 0 Å². The van der Waals surface area contributed by atoms with E-state index in [0.717, 1.165) is 47.1 Å². The van der Waals surface area contributed by atoms with E-state index in [1.165, 1.54) is 6.42 Å². The third-order valence-electron chi connectivity index (χ3n) is 5.27. The average Bonchev–Trinajstić information content (AvgIpc) is 2.62. The van der Waals surface area contributed by atoms with Crippen LogP contribution in [0, 0.1) is 13.8 Å². The Morgan fingerprint density at radius 2 is 1.68 bits per heavy atom. The van der Waals surface area contributed by atoms with Gasteiger partial charge in [-0.05, 0) is 32.4 Å². The highest BCUT2D eigenvalue weighted by molar-refractivity contribution is 5.77. The van der Waals surface area contributed by atoms with Crippen LogP contribution in [0.2, 0.25) is 0 Å². The van der Waals surface area contributed by atoms with Gasteiger partial charge in [0.05, 0.1) is 28.8 Å². The lowest BCUT2D eigenvalue weighted by Crippen LogP contribution is -2.69. The van der Waals surface area contributed by atoms with E-state index >= 15 is 0 Å². The minimum absolute atomic E-state index is 0.475. The van der Waals surface area contributed by atoms with E-state index in [9.17, 15) is 0 Å². The van der Waals surface area contributed by atoms with Gasteiger partial charge in [0.15, 0.2) is 5.82 Å². The lowest BCUT2D eigenvalue weighted by Gasteiger charge is -2.57. The van der Waals surface area contributed by atoms with E-state index in [0.29, 0.717) is 12.1 Å². The van der Waals surface area contributed by atoms with Gasteiger partial charge in [-0.3, -0.25) is 0 Å². The molecule has 2 aromatic heterocycles. The monoisotopic (exact) mass is 332 g/mol. The molecule has 3 aliphatic heterocycles. The van der Waals surface area contributed by atoms with Crippen LogP contribution in [-0.4, -0.2) is 45.1 Å². The Labute approximate surface area is 146 Å². The van der Waals surface area contributed by atoms with Crippen molar-refractivity contribution in [2.45, 2.75) is 32.4 Å². The molecule has 0 saturated carbocycles. The number of aromatic nitrogens is 4. The van der Waals surface area contributed by atoms with Gasteiger partial charge < -0.3 is 9.80 Å². The third-order valence-corrected chi connectivity index (χ3v) is 5.27. The number of anilines is 2. The zero-order valence-corrected chi connectivity index (χ0v) is 14.4. The highest BCUT2D eigenvalue weighted by Gasteiger charge is 2.46. The van der Waals surface area contributed by atoms with E-state index in [4.69, 9.17) is 9.97 Å². The van der Waals surface area contributed by atoms with Crippen LogP contribution in [0.15, 0.2) is 36.7 Å². The summed E-state index contributed by atoms with van der Waals surface area (Å²) in [5, 5.41) is 0. The van der Waals surface area contributed by atoms with Gasteiger partial charge in [0, 0.05) is 24.8 Å². The molecular weight excluding hydrogens is 312 g/mol. The molecule has 6 rings (SSSR count). The van der Waals surface area contributed by atoms with Crippen molar-refractivity contribution in [3.63, 3.8) is 0 Å². The van der Waals surface area contributed by atoms with E-state index in [2.05, 4.69) is 32.8 Å². The van der Waals surface area contributed by atoms with Crippen LogP contribution in [0.5, 0.6) is 0 Å². The van der Waals surface area contributed by atoms with Crippen LogP contribution in [0.1, 0.15) is 17.8 Å². The summed E-state index contributed by atoms with van der Waals surface area (Å²) in [5.74, 6) is 2.07. The van der Waals surface area contributed by atoms with E-state index < -0.39 is 0 Å². The van der Waals surface area contributed by atoms with E-state index in [1.807, 2.05) is 31.2 Å². The van der Waals surface area contributed by atoms with Crippen molar-refractivity contribution in [3.05, 3.63) is 48.0 Å². The second-order valence-electron chi connectivity index (χ2n) is 6.99. The first-order valence-electron chi connectivity index (χ1n) is 8.74. The minimum Gasteiger partial charge on any atom is -0.352 e. The predicted molar refractivity (Wildman–Crippen MR) is 97.9 cm³/mol. The molecular formula is C19H20N6. The van der Waals surface area contributed by atoms with Crippen LogP contribution in [0.3, 0.4) is 0 Å². The molecule has 3 aliphatic rings. The number of hydrogen-bond donors (Lipinski definition) is 0. The van der Waals surface area contributed by atoms with Crippen molar-refractivity contribution < 1.29 is 0 Å². The minimum atomic E-state index is 0.475. The Bertz CT molecular complexity index is 944. The zero-order valence-electron chi connectivity index (χ0n) is 14.4. The van der Waals surface area contributed by atoms with Gasteiger partial charge in [-0.25, -0.2) is 19.9 Å². The maximum atomic E-state index is 4.91. The number of hydrogen-bond acceptors (Lipinski definition) is 6. The van der Waals surface area contributed by atoms with Gasteiger partial charge in [0.2, 0.25) is 0 Å². The number of benzene rings is 1. The van der Waals surface area contributed by atoms with Crippen molar-refractivity contribution in [2.24, 2.45) is 0 Å². The molecule has 1 aromatic carbocycles. The Balaban J connectivity index is 1.44. The maximum Gasteiger partial charge on any atom is 0.151 e. The topological polar surface area (TPSA) is 58.0 Å².